The van der Waals surface area contributed by atoms with Crippen LogP contribution in [0.2, 0.25) is 0 Å². The van der Waals surface area contributed by atoms with Gasteiger partial charge in [-0.3, -0.25) is 0 Å². The Morgan fingerprint density at radius 1 is 1.07 bits per heavy atom. The molecule has 3 nitrogen and oxygen atoms in total. The minimum atomic E-state index is 0.00135. The van der Waals surface area contributed by atoms with Gasteiger partial charge >= 0.3 is 0 Å². The molecule has 10 atom stereocenters. The maximum atomic E-state index is 9.39. The smallest absolute Gasteiger partial charge is 0.0624 e. The van der Waals surface area contributed by atoms with Crippen LogP contribution in [-0.4, -0.2) is 11.6 Å². The van der Waals surface area contributed by atoms with Gasteiger partial charge in [0.05, 0.1) is 6.07 Å². The molecule has 3 heteroatoms. The molecule has 0 saturated heterocycles. The Kier molecular flexibility index (Phi) is 3.80. The summed E-state index contributed by atoms with van der Waals surface area (Å²) >= 11 is 0. The van der Waals surface area contributed by atoms with Crippen LogP contribution in [0.4, 0.5) is 0 Å². The molecular weight excluding hydrogens is 354 g/mol. The molecule has 4 N–H and O–H groups in total. The van der Waals surface area contributed by atoms with E-state index < -0.39 is 0 Å². The van der Waals surface area contributed by atoms with Crippen LogP contribution in [0, 0.1) is 62.1 Å². The molecule has 0 aromatic carbocycles. The Bertz CT molecular complexity index is 783. The molecule has 2 spiro atoms. The second-order valence-electron chi connectivity index (χ2n) is 13.1. The minimum Gasteiger partial charge on any atom is -0.327 e. The molecule has 5 aliphatic carbocycles. The predicted octanol–water partition coefficient (Wildman–Crippen LogP) is 5.24. The number of rotatable bonds is 2. The van der Waals surface area contributed by atoms with Crippen LogP contribution < -0.4 is 11.5 Å². The van der Waals surface area contributed by atoms with E-state index in [0.717, 1.165) is 6.42 Å². The van der Waals surface area contributed by atoms with E-state index in [4.69, 9.17) is 11.5 Å². The largest absolute Gasteiger partial charge is 0.327 e. The first-order chi connectivity index (χ1) is 13.4. The summed E-state index contributed by atoms with van der Waals surface area (Å²) in [5.74, 6) is 2.49. The fourth-order valence-corrected chi connectivity index (χ4v) is 11.7. The van der Waals surface area contributed by atoms with Crippen LogP contribution in [0.1, 0.15) is 92.9 Å². The Morgan fingerprint density at radius 3 is 2.41 bits per heavy atom. The molecule has 10 unspecified atom stereocenters. The molecule has 0 amide bonds. The summed E-state index contributed by atoms with van der Waals surface area (Å²) in [5.41, 5.74) is 15.6. The second kappa shape index (κ2) is 5.42. The number of nitrogens with zero attached hydrogens (tertiary/aromatic N) is 1. The summed E-state index contributed by atoms with van der Waals surface area (Å²) in [7, 11) is 0. The Hall–Kier alpha value is -0.590. The molecule has 0 aromatic rings. The van der Waals surface area contributed by atoms with Gasteiger partial charge in [-0.15, -0.1) is 0 Å². The van der Waals surface area contributed by atoms with Gasteiger partial charge in [0, 0.05) is 28.8 Å². The number of nitriles is 1. The van der Waals surface area contributed by atoms with Gasteiger partial charge in [0.2, 0.25) is 0 Å². The third-order valence-corrected chi connectivity index (χ3v) is 12.8. The zero-order valence-corrected chi connectivity index (χ0v) is 19.6. The maximum Gasteiger partial charge on any atom is 0.0624 e. The fourth-order valence-electron chi connectivity index (χ4n) is 11.7. The Labute approximate surface area is 178 Å². The van der Waals surface area contributed by atoms with Gasteiger partial charge in [-0.25, -0.2) is 0 Å². The van der Waals surface area contributed by atoms with E-state index in [0.29, 0.717) is 47.0 Å². The van der Waals surface area contributed by atoms with Crippen LogP contribution >= 0.6 is 0 Å². The Morgan fingerprint density at radius 2 is 1.76 bits per heavy atom. The van der Waals surface area contributed by atoms with Crippen molar-refractivity contribution in [3.8, 4) is 6.07 Å². The molecule has 162 valence electrons. The molecule has 5 fully saturated rings. The van der Waals surface area contributed by atoms with Crippen molar-refractivity contribution in [2.75, 3.05) is 0 Å². The topological polar surface area (TPSA) is 75.8 Å². The monoisotopic (exact) mass is 397 g/mol. The van der Waals surface area contributed by atoms with Crippen molar-refractivity contribution in [3.05, 3.63) is 0 Å². The van der Waals surface area contributed by atoms with Gasteiger partial charge in [-0.1, -0.05) is 41.5 Å². The van der Waals surface area contributed by atoms with Gasteiger partial charge in [-0.2, -0.15) is 5.26 Å². The highest BCUT2D eigenvalue weighted by atomic mass is 15.1. The molecule has 5 aliphatic rings. The molecular formula is C26H43N3. The number of hydrogen-bond donors (Lipinski definition) is 2. The van der Waals surface area contributed by atoms with Gasteiger partial charge in [0.15, 0.2) is 0 Å². The lowest BCUT2D eigenvalue weighted by Gasteiger charge is -2.57. The molecule has 0 aliphatic heterocycles. The highest BCUT2D eigenvalue weighted by Gasteiger charge is 2.98. The molecule has 0 heterocycles. The fraction of sp³-hybridized carbons (Fsp3) is 0.962. The van der Waals surface area contributed by atoms with Crippen LogP contribution in [0.25, 0.3) is 0 Å². The van der Waals surface area contributed by atoms with Gasteiger partial charge in [-0.05, 0) is 84.9 Å². The highest BCUT2D eigenvalue weighted by Crippen LogP contribution is 2.98. The predicted molar refractivity (Wildman–Crippen MR) is 118 cm³/mol. The van der Waals surface area contributed by atoms with Crippen LogP contribution in [0.5, 0.6) is 0 Å². The van der Waals surface area contributed by atoms with Crippen molar-refractivity contribution in [1.29, 1.82) is 5.26 Å². The molecule has 0 bridgehead atoms. The van der Waals surface area contributed by atoms with Gasteiger partial charge in [0.1, 0.15) is 0 Å². The van der Waals surface area contributed by atoms with E-state index >= 15 is 0 Å². The third kappa shape index (κ3) is 1.69. The van der Waals surface area contributed by atoms with E-state index in [2.05, 4.69) is 47.6 Å². The maximum absolute atomic E-state index is 9.39. The zero-order chi connectivity index (χ0) is 21.3. The number of fused-ring (bicyclic) bond motifs is 1. The van der Waals surface area contributed by atoms with E-state index in [1.807, 2.05) is 0 Å². The average molecular weight is 398 g/mol. The van der Waals surface area contributed by atoms with E-state index in [1.165, 1.54) is 38.5 Å². The van der Waals surface area contributed by atoms with E-state index in [9.17, 15) is 5.26 Å². The lowest BCUT2D eigenvalue weighted by atomic mass is 9.47. The molecule has 5 rings (SSSR count). The van der Waals surface area contributed by atoms with Crippen molar-refractivity contribution in [3.63, 3.8) is 0 Å². The summed E-state index contributed by atoms with van der Waals surface area (Å²) in [4.78, 5) is 0. The second-order valence-corrected chi connectivity index (χ2v) is 13.1. The summed E-state index contributed by atoms with van der Waals surface area (Å²) in [6.45, 7) is 15.0. The van der Waals surface area contributed by atoms with Crippen LogP contribution in [-0.2, 0) is 0 Å². The minimum absolute atomic E-state index is 0.00135. The van der Waals surface area contributed by atoms with E-state index in [1.54, 1.807) is 0 Å². The third-order valence-electron chi connectivity index (χ3n) is 12.8. The Balaban J connectivity index is 1.66. The zero-order valence-electron chi connectivity index (χ0n) is 19.6. The lowest BCUT2D eigenvalue weighted by molar-refractivity contribution is -0.0873. The van der Waals surface area contributed by atoms with Crippen molar-refractivity contribution in [2.24, 2.45) is 62.2 Å². The van der Waals surface area contributed by atoms with Gasteiger partial charge < -0.3 is 11.5 Å². The highest BCUT2D eigenvalue weighted by molar-refractivity contribution is 5.49. The summed E-state index contributed by atoms with van der Waals surface area (Å²) in [5, 5.41) is 9.39. The normalized spacial score (nSPS) is 60.4. The van der Waals surface area contributed by atoms with Crippen molar-refractivity contribution < 1.29 is 0 Å². The van der Waals surface area contributed by atoms with Crippen LogP contribution in [0.15, 0.2) is 0 Å². The standard InChI is InChI=1S/C26H43N3/c1-16(9-14-27)18-7-10-23(6)22(18,5)12-13-25(29)24-11-8-20(28)21(3,4)19(24)15-17(2)26(23,24)25/h16-20H,7-13,15,28-29H2,1-6H3. The first kappa shape index (κ1) is 20.3. The lowest BCUT2D eigenvalue weighted by Crippen LogP contribution is -2.57. The number of nitrogens with two attached hydrogens (primary N) is 2. The molecule has 0 radical (unpaired) electrons. The average Bonchev–Trinajstić information content (AvgIpc) is 2.83. The van der Waals surface area contributed by atoms with Crippen molar-refractivity contribution >= 4 is 0 Å². The molecule has 0 aromatic heterocycles. The number of hydrogen-bond acceptors (Lipinski definition) is 3. The van der Waals surface area contributed by atoms with Crippen molar-refractivity contribution in [1.82, 2.24) is 0 Å². The first-order valence-corrected chi connectivity index (χ1v) is 12.3. The SMILES string of the molecule is CC(CC#N)C1CCC2(C)C1(C)CCC1(N)C34CCC(N)C(C)(C)C3CC(C)C214. The molecule has 29 heavy (non-hydrogen) atoms. The quantitative estimate of drug-likeness (QED) is 0.669. The van der Waals surface area contributed by atoms with Gasteiger partial charge in [0.25, 0.3) is 0 Å². The van der Waals surface area contributed by atoms with Crippen LogP contribution in [0.3, 0.4) is 0 Å². The first-order valence-electron chi connectivity index (χ1n) is 12.3. The summed E-state index contributed by atoms with van der Waals surface area (Å²) in [6.07, 6.45) is 9.40. The van der Waals surface area contributed by atoms with E-state index in [-0.39, 0.29) is 21.8 Å². The van der Waals surface area contributed by atoms with Crippen molar-refractivity contribution in [2.45, 2.75) is 104 Å². The summed E-state index contributed by atoms with van der Waals surface area (Å²) in [6, 6.07) is 2.78. The summed E-state index contributed by atoms with van der Waals surface area (Å²) < 4.78 is 0. The molecule has 5 saturated carbocycles.